The van der Waals surface area contributed by atoms with E-state index in [9.17, 15) is 4.55 Å². The molecule has 0 amide bonds. The van der Waals surface area contributed by atoms with Crippen molar-refractivity contribution in [3.8, 4) is 0 Å². The second-order valence-corrected chi connectivity index (χ2v) is 6.52. The molecule has 0 aliphatic heterocycles. The largest absolute Gasteiger partial charge is 0.591 e. The highest BCUT2D eigenvalue weighted by atomic mass is 35.5. The lowest BCUT2D eigenvalue weighted by atomic mass is 10.2. The van der Waals surface area contributed by atoms with Crippen LogP contribution in [0.25, 0.3) is 0 Å². The molecule has 1 rings (SSSR count). The minimum atomic E-state index is -1.21. The summed E-state index contributed by atoms with van der Waals surface area (Å²) in [5.74, 6) is 0. The molecule has 0 aliphatic rings. The molecule has 0 aromatic heterocycles. The molecule has 0 bridgehead atoms. The molecule has 0 saturated carbocycles. The number of benzene rings is 1. The van der Waals surface area contributed by atoms with E-state index in [1.165, 1.54) is 0 Å². The van der Waals surface area contributed by atoms with Gasteiger partial charge in [-0.2, -0.15) is 0 Å². The summed E-state index contributed by atoms with van der Waals surface area (Å²) in [6.07, 6.45) is 1.61. The Morgan fingerprint density at radius 3 is 2.27 bits per heavy atom. The molecule has 0 heterocycles. The third-order valence-corrected chi connectivity index (χ3v) is 3.29. The van der Waals surface area contributed by atoms with Crippen molar-refractivity contribution in [3.63, 3.8) is 0 Å². The molecular formula is C11H14ClNOS. The Bertz CT molecular complexity index is 343. The average molecular weight is 244 g/mol. The average Bonchev–Trinajstić information content (AvgIpc) is 2.15. The van der Waals surface area contributed by atoms with Gasteiger partial charge in [0, 0.05) is 5.02 Å². The molecule has 0 radical (unpaired) electrons. The summed E-state index contributed by atoms with van der Waals surface area (Å²) in [7, 11) is 0. The quantitative estimate of drug-likeness (QED) is 0.580. The minimum Gasteiger partial charge on any atom is -0.591 e. The third-order valence-electron chi connectivity index (χ3n) is 1.69. The van der Waals surface area contributed by atoms with Gasteiger partial charge in [0.05, 0.1) is 6.21 Å². The number of halogens is 1. The maximum Gasteiger partial charge on any atom is 0.144 e. The second-order valence-electron chi connectivity index (χ2n) is 4.15. The second kappa shape index (κ2) is 5.01. The molecule has 15 heavy (non-hydrogen) atoms. The molecular weight excluding hydrogens is 230 g/mol. The van der Waals surface area contributed by atoms with Crippen LogP contribution in [0.5, 0.6) is 0 Å². The monoisotopic (exact) mass is 243 g/mol. The van der Waals surface area contributed by atoms with Gasteiger partial charge in [0.15, 0.2) is 0 Å². The molecule has 0 saturated heterocycles. The molecule has 0 fully saturated rings. The predicted molar refractivity (Wildman–Crippen MR) is 66.9 cm³/mol. The van der Waals surface area contributed by atoms with E-state index in [4.69, 9.17) is 11.6 Å². The lowest BCUT2D eigenvalue weighted by Gasteiger charge is -2.17. The van der Waals surface area contributed by atoms with Crippen molar-refractivity contribution in [1.29, 1.82) is 0 Å². The fraction of sp³-hybridized carbons (Fsp3) is 0.364. The van der Waals surface area contributed by atoms with E-state index in [1.54, 1.807) is 18.3 Å². The zero-order valence-electron chi connectivity index (χ0n) is 9.03. The van der Waals surface area contributed by atoms with Crippen LogP contribution in [0.4, 0.5) is 0 Å². The molecule has 0 N–H and O–H groups in total. The van der Waals surface area contributed by atoms with Crippen LogP contribution in [0.1, 0.15) is 26.3 Å². The van der Waals surface area contributed by atoms with Crippen molar-refractivity contribution < 1.29 is 4.55 Å². The molecule has 1 aromatic carbocycles. The van der Waals surface area contributed by atoms with E-state index in [2.05, 4.69) is 4.40 Å². The molecule has 1 atom stereocenters. The first-order chi connectivity index (χ1) is 6.89. The Labute approximate surface area is 98.7 Å². The van der Waals surface area contributed by atoms with Gasteiger partial charge in [-0.05, 0) is 38.5 Å². The van der Waals surface area contributed by atoms with Crippen LogP contribution in [0, 0.1) is 0 Å². The fourth-order valence-electron chi connectivity index (χ4n) is 0.816. The van der Waals surface area contributed by atoms with Gasteiger partial charge in [0.25, 0.3) is 0 Å². The minimum absolute atomic E-state index is 0.317. The van der Waals surface area contributed by atoms with Crippen molar-refractivity contribution in [2.24, 2.45) is 4.40 Å². The standard InChI is InChI=1S/C11H14ClNOS/c1-11(2,3)15(14)13-8-9-4-6-10(12)7-5-9/h4-8H,1-3H3/b13-8-/t15-/m1/s1. The molecule has 0 aliphatic carbocycles. The topological polar surface area (TPSA) is 35.4 Å². The highest BCUT2D eigenvalue weighted by Crippen LogP contribution is 2.17. The lowest BCUT2D eigenvalue weighted by Crippen LogP contribution is -2.25. The Kier molecular flexibility index (Phi) is 4.20. The Morgan fingerprint density at radius 1 is 1.27 bits per heavy atom. The summed E-state index contributed by atoms with van der Waals surface area (Å²) in [5, 5.41) is 0.684. The van der Waals surface area contributed by atoms with Crippen molar-refractivity contribution in [2.75, 3.05) is 0 Å². The molecule has 2 nitrogen and oxygen atoms in total. The van der Waals surface area contributed by atoms with Crippen LogP contribution in [-0.2, 0) is 11.4 Å². The first-order valence-electron chi connectivity index (χ1n) is 4.61. The molecule has 1 aromatic rings. The summed E-state index contributed by atoms with van der Waals surface area (Å²) in [4.78, 5) is 0. The number of rotatable bonds is 2. The van der Waals surface area contributed by atoms with E-state index >= 15 is 0 Å². The number of hydrogen-bond acceptors (Lipinski definition) is 2. The first-order valence-corrected chi connectivity index (χ1v) is 6.10. The molecule has 0 spiro atoms. The van der Waals surface area contributed by atoms with E-state index in [0.29, 0.717) is 5.02 Å². The van der Waals surface area contributed by atoms with Gasteiger partial charge in [-0.3, -0.25) is 0 Å². The van der Waals surface area contributed by atoms with Crippen LogP contribution in [0.3, 0.4) is 0 Å². The predicted octanol–water partition coefficient (Wildman–Crippen LogP) is 3.22. The van der Waals surface area contributed by atoms with E-state index in [1.807, 2.05) is 32.9 Å². The Morgan fingerprint density at radius 2 is 1.80 bits per heavy atom. The van der Waals surface area contributed by atoms with Gasteiger partial charge in [-0.15, -0.1) is 0 Å². The van der Waals surface area contributed by atoms with E-state index in [0.717, 1.165) is 5.56 Å². The van der Waals surface area contributed by atoms with Crippen molar-refractivity contribution in [3.05, 3.63) is 34.9 Å². The summed E-state index contributed by atoms with van der Waals surface area (Å²) in [6.45, 7) is 5.67. The van der Waals surface area contributed by atoms with Crippen LogP contribution >= 0.6 is 11.6 Å². The van der Waals surface area contributed by atoms with Crippen molar-refractivity contribution in [1.82, 2.24) is 0 Å². The highest BCUT2D eigenvalue weighted by Gasteiger charge is 2.25. The molecule has 4 heteroatoms. The summed E-state index contributed by atoms with van der Waals surface area (Å²) in [6, 6.07) is 7.24. The maximum atomic E-state index is 11.6. The molecule has 82 valence electrons. The molecule has 0 unspecified atom stereocenters. The lowest BCUT2D eigenvalue weighted by molar-refractivity contribution is 0.562. The SMILES string of the molecule is CC(C)(C)[S@@+]([O-])/N=C\c1ccc(Cl)cc1. The van der Waals surface area contributed by atoms with Gasteiger partial charge < -0.3 is 4.55 Å². The van der Waals surface area contributed by atoms with Gasteiger partial charge in [0.1, 0.15) is 16.1 Å². The van der Waals surface area contributed by atoms with Gasteiger partial charge in [-0.25, -0.2) is 0 Å². The fourth-order valence-corrected chi connectivity index (χ4v) is 1.48. The van der Waals surface area contributed by atoms with Crippen LogP contribution < -0.4 is 0 Å². The van der Waals surface area contributed by atoms with Gasteiger partial charge in [-0.1, -0.05) is 28.1 Å². The van der Waals surface area contributed by atoms with E-state index in [-0.39, 0.29) is 4.75 Å². The summed E-state index contributed by atoms with van der Waals surface area (Å²) < 4.78 is 15.3. The zero-order valence-corrected chi connectivity index (χ0v) is 10.6. The first kappa shape index (κ1) is 12.6. The third kappa shape index (κ3) is 4.24. The number of hydrogen-bond donors (Lipinski definition) is 0. The summed E-state index contributed by atoms with van der Waals surface area (Å²) in [5.41, 5.74) is 0.900. The van der Waals surface area contributed by atoms with Crippen molar-refractivity contribution >= 4 is 29.2 Å². The Hall–Kier alpha value is -0.510. The smallest absolute Gasteiger partial charge is 0.144 e. The number of nitrogens with zero attached hydrogens (tertiary/aromatic N) is 1. The van der Waals surface area contributed by atoms with E-state index < -0.39 is 11.4 Å². The van der Waals surface area contributed by atoms with Crippen LogP contribution in [0.15, 0.2) is 28.7 Å². The highest BCUT2D eigenvalue weighted by molar-refractivity contribution is 7.91. The van der Waals surface area contributed by atoms with Crippen LogP contribution in [-0.4, -0.2) is 15.5 Å². The normalized spacial score (nSPS) is 14.5. The van der Waals surface area contributed by atoms with Gasteiger partial charge >= 0.3 is 0 Å². The summed E-state index contributed by atoms with van der Waals surface area (Å²) >= 11 is 4.54. The van der Waals surface area contributed by atoms with Gasteiger partial charge in [0.2, 0.25) is 0 Å². The zero-order chi connectivity index (χ0) is 11.5. The van der Waals surface area contributed by atoms with Crippen LogP contribution in [0.2, 0.25) is 5.02 Å². The Balaban J connectivity index is 2.70. The maximum absolute atomic E-state index is 11.6. The van der Waals surface area contributed by atoms with Crippen molar-refractivity contribution in [2.45, 2.75) is 25.5 Å².